The fourth-order valence-corrected chi connectivity index (χ4v) is 3.58. The van der Waals surface area contributed by atoms with Gasteiger partial charge in [0.05, 0.1) is 12.1 Å². The maximum absolute atomic E-state index is 12.8. The molecule has 1 N–H and O–H groups in total. The minimum atomic E-state index is -0.190. The van der Waals surface area contributed by atoms with Gasteiger partial charge in [-0.2, -0.15) is 0 Å². The summed E-state index contributed by atoms with van der Waals surface area (Å²) >= 11 is 0. The van der Waals surface area contributed by atoms with Crippen LogP contribution in [0.5, 0.6) is 5.75 Å². The molecule has 7 heteroatoms. The van der Waals surface area contributed by atoms with Crippen molar-refractivity contribution in [3.8, 4) is 5.75 Å². The number of fused-ring (bicyclic) bond motifs is 2. The number of nitrogens with one attached hydrogen (secondary N) is 1. The largest absolute Gasteiger partial charge is 0.494 e. The average molecular weight is 366 g/mol. The molecule has 140 valence electrons. The topological polar surface area (TPSA) is 78.2 Å². The smallest absolute Gasteiger partial charge is 0.278 e. The molecule has 1 aliphatic rings. The van der Waals surface area contributed by atoms with E-state index in [4.69, 9.17) is 4.74 Å². The van der Waals surface area contributed by atoms with Gasteiger partial charge in [0.25, 0.3) is 5.56 Å². The molecule has 27 heavy (non-hydrogen) atoms. The van der Waals surface area contributed by atoms with E-state index in [1.54, 1.807) is 21.3 Å². The van der Waals surface area contributed by atoms with Gasteiger partial charge in [0.15, 0.2) is 0 Å². The van der Waals surface area contributed by atoms with Crippen LogP contribution < -0.4 is 15.6 Å². The molecule has 0 bridgehead atoms. The number of hydrogen-bond acceptors (Lipinski definition) is 4. The first-order valence-electron chi connectivity index (χ1n) is 9.19. The summed E-state index contributed by atoms with van der Waals surface area (Å²) in [4.78, 5) is 30.0. The number of aryl methyl sites for hydroxylation is 2. The maximum Gasteiger partial charge on any atom is 0.278 e. The molecule has 3 aromatic rings. The number of benzene rings is 1. The number of carbonyl (C=O) groups is 1. The normalized spacial score (nSPS) is 13.0. The molecule has 4 rings (SSSR count). The zero-order valence-corrected chi connectivity index (χ0v) is 15.5. The number of amides is 1. The number of aromatic nitrogens is 3. The molecule has 0 radical (unpaired) electrons. The number of carbonyl (C=O) groups excluding carboxylic acids is 1. The van der Waals surface area contributed by atoms with Gasteiger partial charge < -0.3 is 14.6 Å². The third kappa shape index (κ3) is 3.20. The van der Waals surface area contributed by atoms with Gasteiger partial charge in [-0.3, -0.25) is 14.2 Å². The van der Waals surface area contributed by atoms with Crippen LogP contribution in [0.3, 0.4) is 0 Å². The Labute approximate surface area is 156 Å². The Morgan fingerprint density at radius 2 is 2.07 bits per heavy atom. The van der Waals surface area contributed by atoms with E-state index in [1.807, 2.05) is 32.0 Å². The molecule has 0 atom stereocenters. The van der Waals surface area contributed by atoms with Crippen molar-refractivity contribution in [1.29, 1.82) is 0 Å². The van der Waals surface area contributed by atoms with Crippen LogP contribution in [0, 0.1) is 6.92 Å². The van der Waals surface area contributed by atoms with Crippen molar-refractivity contribution in [2.75, 3.05) is 11.9 Å². The van der Waals surface area contributed by atoms with Crippen LogP contribution in [-0.2, 0) is 24.3 Å². The molecule has 1 amide bonds. The summed E-state index contributed by atoms with van der Waals surface area (Å²) in [6, 6.07) is 9.10. The van der Waals surface area contributed by atoms with E-state index in [1.165, 1.54) is 0 Å². The van der Waals surface area contributed by atoms with Gasteiger partial charge in [0.2, 0.25) is 5.91 Å². The molecule has 1 aliphatic heterocycles. The molecule has 0 saturated carbocycles. The molecule has 0 spiro atoms. The van der Waals surface area contributed by atoms with Gasteiger partial charge in [-0.25, -0.2) is 4.98 Å². The standard InChI is InChI=1S/C20H22N4O3/c1-3-27-15-8-6-14(7-9-15)21-18(25)12-24-13(2)11-16-19(24)20(26)23-10-4-5-17(23)22-16/h6-9,11H,3-5,10,12H2,1-2H3,(H,21,25). The molecule has 0 unspecified atom stereocenters. The van der Waals surface area contributed by atoms with Crippen LogP contribution in [0.25, 0.3) is 11.0 Å². The van der Waals surface area contributed by atoms with Crippen molar-refractivity contribution in [1.82, 2.24) is 14.1 Å². The highest BCUT2D eigenvalue weighted by molar-refractivity contribution is 5.92. The maximum atomic E-state index is 12.8. The second kappa shape index (κ2) is 6.90. The molecule has 0 aliphatic carbocycles. The predicted octanol–water partition coefficient (Wildman–Crippen LogP) is 2.49. The minimum Gasteiger partial charge on any atom is -0.494 e. The Balaban J connectivity index is 1.58. The lowest BCUT2D eigenvalue weighted by Gasteiger charge is -2.10. The second-order valence-corrected chi connectivity index (χ2v) is 6.70. The highest BCUT2D eigenvalue weighted by Crippen LogP contribution is 2.19. The molecular formula is C20H22N4O3. The van der Waals surface area contributed by atoms with E-state index < -0.39 is 0 Å². The first-order chi connectivity index (χ1) is 13.1. The van der Waals surface area contributed by atoms with E-state index in [-0.39, 0.29) is 18.0 Å². The van der Waals surface area contributed by atoms with E-state index in [2.05, 4.69) is 10.3 Å². The first kappa shape index (κ1) is 17.3. The fourth-order valence-electron chi connectivity index (χ4n) is 3.58. The van der Waals surface area contributed by atoms with Gasteiger partial charge in [-0.1, -0.05) is 0 Å². The highest BCUT2D eigenvalue weighted by atomic mass is 16.5. The number of ether oxygens (including phenoxy) is 1. The monoisotopic (exact) mass is 366 g/mol. The molecular weight excluding hydrogens is 344 g/mol. The summed E-state index contributed by atoms with van der Waals surface area (Å²) in [5.41, 5.74) is 2.64. The van der Waals surface area contributed by atoms with E-state index in [0.29, 0.717) is 29.9 Å². The van der Waals surface area contributed by atoms with E-state index in [9.17, 15) is 9.59 Å². The van der Waals surface area contributed by atoms with E-state index in [0.717, 1.165) is 30.1 Å². The van der Waals surface area contributed by atoms with Crippen molar-refractivity contribution in [3.63, 3.8) is 0 Å². The van der Waals surface area contributed by atoms with Crippen molar-refractivity contribution < 1.29 is 9.53 Å². The second-order valence-electron chi connectivity index (χ2n) is 6.70. The van der Waals surface area contributed by atoms with Crippen LogP contribution in [0.15, 0.2) is 35.1 Å². The Hall–Kier alpha value is -3.09. The molecule has 3 heterocycles. The summed E-state index contributed by atoms with van der Waals surface area (Å²) in [5.74, 6) is 1.41. The summed E-state index contributed by atoms with van der Waals surface area (Å²) in [7, 11) is 0. The van der Waals surface area contributed by atoms with Crippen LogP contribution in [-0.4, -0.2) is 26.6 Å². The first-order valence-corrected chi connectivity index (χ1v) is 9.19. The van der Waals surface area contributed by atoms with Gasteiger partial charge in [-0.15, -0.1) is 0 Å². The van der Waals surface area contributed by atoms with Crippen molar-refractivity contribution in [2.45, 2.75) is 39.8 Å². The summed E-state index contributed by atoms with van der Waals surface area (Å²) < 4.78 is 8.88. The Bertz CT molecular complexity index is 1060. The molecule has 2 aromatic heterocycles. The summed E-state index contributed by atoms with van der Waals surface area (Å²) in [6.45, 7) is 5.17. The SMILES string of the molecule is CCOc1ccc(NC(=O)Cn2c(C)cc3nc4n(c(=O)c32)CCC4)cc1. The van der Waals surface area contributed by atoms with Crippen molar-refractivity contribution in [2.24, 2.45) is 0 Å². The number of nitrogens with zero attached hydrogens (tertiary/aromatic N) is 3. The van der Waals surface area contributed by atoms with Crippen LogP contribution in [0.4, 0.5) is 5.69 Å². The number of anilines is 1. The van der Waals surface area contributed by atoms with E-state index >= 15 is 0 Å². The summed E-state index contributed by atoms with van der Waals surface area (Å²) in [5, 5.41) is 2.87. The Morgan fingerprint density at radius 1 is 1.30 bits per heavy atom. The summed E-state index contributed by atoms with van der Waals surface area (Å²) in [6.07, 6.45) is 1.76. The quantitative estimate of drug-likeness (QED) is 0.752. The Kier molecular flexibility index (Phi) is 4.43. The lowest BCUT2D eigenvalue weighted by atomic mass is 10.3. The van der Waals surface area contributed by atoms with Crippen LogP contribution in [0.1, 0.15) is 24.9 Å². The lowest BCUT2D eigenvalue weighted by Crippen LogP contribution is -2.26. The zero-order valence-electron chi connectivity index (χ0n) is 15.5. The fraction of sp³-hybridized carbons (Fsp3) is 0.350. The van der Waals surface area contributed by atoms with Gasteiger partial charge in [0, 0.05) is 24.3 Å². The predicted molar refractivity (Wildman–Crippen MR) is 103 cm³/mol. The van der Waals surface area contributed by atoms with Gasteiger partial charge in [0.1, 0.15) is 23.6 Å². The lowest BCUT2D eigenvalue weighted by molar-refractivity contribution is -0.116. The third-order valence-electron chi connectivity index (χ3n) is 4.83. The Morgan fingerprint density at radius 3 is 2.81 bits per heavy atom. The van der Waals surface area contributed by atoms with Gasteiger partial charge in [-0.05, 0) is 50.6 Å². The van der Waals surface area contributed by atoms with Crippen LogP contribution in [0.2, 0.25) is 0 Å². The van der Waals surface area contributed by atoms with Gasteiger partial charge >= 0.3 is 0 Å². The highest BCUT2D eigenvalue weighted by Gasteiger charge is 2.20. The number of hydrogen-bond donors (Lipinski definition) is 1. The van der Waals surface area contributed by atoms with Crippen molar-refractivity contribution >= 4 is 22.6 Å². The molecule has 0 saturated heterocycles. The minimum absolute atomic E-state index is 0.0607. The average Bonchev–Trinajstić information content (AvgIpc) is 3.22. The zero-order chi connectivity index (χ0) is 19.0. The van der Waals surface area contributed by atoms with Crippen LogP contribution >= 0.6 is 0 Å². The molecule has 1 aromatic carbocycles. The third-order valence-corrected chi connectivity index (χ3v) is 4.83. The molecule has 0 fully saturated rings. The van der Waals surface area contributed by atoms with Crippen molar-refractivity contribution in [3.05, 3.63) is 52.2 Å². The number of rotatable bonds is 5. The molecule has 7 nitrogen and oxygen atoms in total.